The fourth-order valence-electron chi connectivity index (χ4n) is 8.48. The Morgan fingerprint density at radius 2 is 0.522 bits per heavy atom. The van der Waals surface area contributed by atoms with Crippen LogP contribution in [0.25, 0.3) is 0 Å². The highest BCUT2D eigenvalue weighted by Gasteiger charge is 2.19. The Kier molecular flexibility index (Phi) is 55.3. The number of rotatable bonds is 54. The van der Waals surface area contributed by atoms with Crippen LogP contribution in [0.3, 0.4) is 0 Å². The number of unbranched alkanes of at least 4 members (excludes halogenated alkanes) is 33. The van der Waals surface area contributed by atoms with Crippen molar-refractivity contribution in [3.05, 3.63) is 60.8 Å². The maximum atomic E-state index is 12.8. The lowest BCUT2D eigenvalue weighted by molar-refractivity contribution is -0.167. The van der Waals surface area contributed by atoms with E-state index in [-0.39, 0.29) is 37.5 Å². The van der Waals surface area contributed by atoms with Gasteiger partial charge in [-0.3, -0.25) is 14.4 Å². The largest absolute Gasteiger partial charge is 0.462 e. The molecule has 0 rings (SSSR count). The molecular weight excluding hydrogens is 853 g/mol. The SMILES string of the molecule is CCCCC/C=C\C/C=C\C/C=C\CCCCC(=O)O[C@H](COC(=O)CCCCCCCCCCC/C=C\C/C=C\CCCCC)COC(=O)CCCCCCCCCCCCCCCCCCC. The van der Waals surface area contributed by atoms with Crippen LogP contribution in [0.1, 0.15) is 303 Å². The normalized spacial score (nSPS) is 12.4. The average molecular weight is 966 g/mol. The van der Waals surface area contributed by atoms with Gasteiger partial charge in [0.2, 0.25) is 0 Å². The number of esters is 3. The van der Waals surface area contributed by atoms with Gasteiger partial charge < -0.3 is 14.2 Å². The molecule has 6 heteroatoms. The van der Waals surface area contributed by atoms with Gasteiger partial charge in [0.25, 0.3) is 0 Å². The lowest BCUT2D eigenvalue weighted by Crippen LogP contribution is -2.30. The first-order chi connectivity index (χ1) is 34.0. The van der Waals surface area contributed by atoms with Gasteiger partial charge >= 0.3 is 17.9 Å². The number of hydrogen-bond donors (Lipinski definition) is 0. The van der Waals surface area contributed by atoms with Crippen LogP contribution in [0.4, 0.5) is 0 Å². The summed E-state index contributed by atoms with van der Waals surface area (Å²) in [7, 11) is 0. The van der Waals surface area contributed by atoms with E-state index in [0.717, 1.165) is 70.6 Å². The molecule has 0 saturated carbocycles. The maximum Gasteiger partial charge on any atom is 0.306 e. The zero-order valence-corrected chi connectivity index (χ0v) is 45.8. The number of allylic oxidation sites excluding steroid dienone is 10. The molecule has 0 spiro atoms. The summed E-state index contributed by atoms with van der Waals surface area (Å²) in [5.41, 5.74) is 0. The Bertz CT molecular complexity index is 1250. The highest BCUT2D eigenvalue weighted by atomic mass is 16.6. The molecule has 0 unspecified atom stereocenters. The highest BCUT2D eigenvalue weighted by Crippen LogP contribution is 2.16. The quantitative estimate of drug-likeness (QED) is 0.0262. The summed E-state index contributed by atoms with van der Waals surface area (Å²) in [5, 5.41) is 0. The van der Waals surface area contributed by atoms with Crippen LogP contribution in [-0.2, 0) is 28.6 Å². The number of ether oxygens (including phenoxy) is 3. The minimum absolute atomic E-state index is 0.0880. The second-order valence-electron chi connectivity index (χ2n) is 19.9. The molecule has 0 fully saturated rings. The smallest absolute Gasteiger partial charge is 0.306 e. The zero-order chi connectivity index (χ0) is 50.0. The second-order valence-corrected chi connectivity index (χ2v) is 19.9. The van der Waals surface area contributed by atoms with Crippen LogP contribution in [0, 0.1) is 0 Å². The molecule has 6 nitrogen and oxygen atoms in total. The van der Waals surface area contributed by atoms with Gasteiger partial charge in [0.1, 0.15) is 13.2 Å². The van der Waals surface area contributed by atoms with Gasteiger partial charge in [0.15, 0.2) is 6.10 Å². The first-order valence-corrected chi connectivity index (χ1v) is 29.8. The third-order valence-corrected chi connectivity index (χ3v) is 13.0. The summed E-state index contributed by atoms with van der Waals surface area (Å²) >= 11 is 0. The summed E-state index contributed by atoms with van der Waals surface area (Å²) in [4.78, 5) is 38.2. The average Bonchev–Trinajstić information content (AvgIpc) is 3.35. The van der Waals surface area contributed by atoms with E-state index >= 15 is 0 Å². The number of carbonyl (C=O) groups excluding carboxylic acids is 3. The Morgan fingerprint density at radius 1 is 0.290 bits per heavy atom. The van der Waals surface area contributed by atoms with Crippen LogP contribution >= 0.6 is 0 Å². The molecule has 400 valence electrons. The predicted molar refractivity (Wildman–Crippen MR) is 298 cm³/mol. The van der Waals surface area contributed by atoms with E-state index in [4.69, 9.17) is 14.2 Å². The van der Waals surface area contributed by atoms with E-state index < -0.39 is 6.10 Å². The van der Waals surface area contributed by atoms with Gasteiger partial charge in [0, 0.05) is 19.3 Å². The van der Waals surface area contributed by atoms with E-state index in [1.807, 2.05) is 0 Å². The second kappa shape index (κ2) is 57.7. The fraction of sp³-hybridized carbons (Fsp3) is 0.794. The standard InChI is InChI=1S/C63H112O6/c1-4-7-10-13-16-19-22-25-28-30-31-33-36-38-41-44-47-50-53-56-62(65)68-59-60(69-63(66)57-54-51-48-45-42-39-34-27-24-21-18-15-12-9-6-3)58-67-61(64)55-52-49-46-43-40-37-35-32-29-26-23-20-17-14-11-8-5-2/h16,18-19,21,25,27-28,34,42,45,60H,4-15,17,20,22-24,26,29-33,35-41,43-44,46-59H2,1-3H3/b19-16-,21-18-,28-25-,34-27-,45-42-/t60-/m0/s1. The summed E-state index contributed by atoms with van der Waals surface area (Å²) < 4.78 is 16.9. The van der Waals surface area contributed by atoms with Crippen molar-refractivity contribution in [3.8, 4) is 0 Å². The molecule has 0 heterocycles. The summed E-state index contributed by atoms with van der Waals surface area (Å²) in [5.74, 6) is -0.917. The fourth-order valence-corrected chi connectivity index (χ4v) is 8.48. The predicted octanol–water partition coefficient (Wildman–Crippen LogP) is 20.0. The summed E-state index contributed by atoms with van der Waals surface area (Å²) in [6, 6.07) is 0. The third kappa shape index (κ3) is 55.9. The number of carbonyl (C=O) groups is 3. The molecule has 0 aliphatic carbocycles. The molecular formula is C63H112O6. The monoisotopic (exact) mass is 965 g/mol. The van der Waals surface area contributed by atoms with Gasteiger partial charge in [-0.05, 0) is 89.9 Å². The number of hydrogen-bond acceptors (Lipinski definition) is 6. The van der Waals surface area contributed by atoms with Crippen LogP contribution in [0.15, 0.2) is 60.8 Å². The Labute approximate surface area is 428 Å². The molecule has 0 aromatic carbocycles. The van der Waals surface area contributed by atoms with E-state index in [1.165, 1.54) is 186 Å². The maximum absolute atomic E-state index is 12.8. The lowest BCUT2D eigenvalue weighted by atomic mass is 10.0. The molecule has 0 aliphatic heterocycles. The van der Waals surface area contributed by atoms with E-state index in [0.29, 0.717) is 19.3 Å². The molecule has 0 aromatic rings. The van der Waals surface area contributed by atoms with Crippen LogP contribution in [-0.4, -0.2) is 37.2 Å². The van der Waals surface area contributed by atoms with Gasteiger partial charge in [-0.1, -0.05) is 255 Å². The minimum Gasteiger partial charge on any atom is -0.462 e. The molecule has 0 aromatic heterocycles. The summed E-state index contributed by atoms with van der Waals surface area (Å²) in [6.45, 7) is 6.59. The summed E-state index contributed by atoms with van der Waals surface area (Å²) in [6.07, 6.45) is 72.1. The van der Waals surface area contributed by atoms with Crippen molar-refractivity contribution in [1.82, 2.24) is 0 Å². The van der Waals surface area contributed by atoms with Gasteiger partial charge in [0.05, 0.1) is 0 Å². The molecule has 0 radical (unpaired) electrons. The third-order valence-electron chi connectivity index (χ3n) is 13.0. The van der Waals surface area contributed by atoms with Crippen molar-refractivity contribution < 1.29 is 28.6 Å². The topological polar surface area (TPSA) is 78.9 Å². The molecule has 1 atom stereocenters. The van der Waals surface area contributed by atoms with Crippen molar-refractivity contribution in [2.45, 2.75) is 309 Å². The first kappa shape index (κ1) is 66.1. The van der Waals surface area contributed by atoms with Crippen molar-refractivity contribution in [3.63, 3.8) is 0 Å². The van der Waals surface area contributed by atoms with Gasteiger partial charge in [-0.2, -0.15) is 0 Å². The van der Waals surface area contributed by atoms with Crippen molar-refractivity contribution in [1.29, 1.82) is 0 Å². The molecule has 0 aliphatic rings. The molecule has 0 bridgehead atoms. The molecule has 0 saturated heterocycles. The van der Waals surface area contributed by atoms with E-state index in [9.17, 15) is 14.4 Å². The van der Waals surface area contributed by atoms with E-state index in [1.54, 1.807) is 0 Å². The minimum atomic E-state index is -0.794. The molecule has 0 amide bonds. The first-order valence-electron chi connectivity index (χ1n) is 29.8. The van der Waals surface area contributed by atoms with Crippen LogP contribution in [0.2, 0.25) is 0 Å². The molecule has 69 heavy (non-hydrogen) atoms. The van der Waals surface area contributed by atoms with Crippen molar-refractivity contribution in [2.75, 3.05) is 13.2 Å². The van der Waals surface area contributed by atoms with Crippen molar-refractivity contribution >= 4 is 17.9 Å². The van der Waals surface area contributed by atoms with Crippen LogP contribution < -0.4 is 0 Å². The highest BCUT2D eigenvalue weighted by molar-refractivity contribution is 5.71. The van der Waals surface area contributed by atoms with Crippen LogP contribution in [0.5, 0.6) is 0 Å². The Hall–Kier alpha value is -2.89. The Balaban J connectivity index is 4.39. The zero-order valence-electron chi connectivity index (χ0n) is 45.8. The van der Waals surface area contributed by atoms with Gasteiger partial charge in [-0.25, -0.2) is 0 Å². The van der Waals surface area contributed by atoms with E-state index in [2.05, 4.69) is 81.5 Å². The lowest BCUT2D eigenvalue weighted by Gasteiger charge is -2.18. The van der Waals surface area contributed by atoms with Gasteiger partial charge in [-0.15, -0.1) is 0 Å². The van der Waals surface area contributed by atoms with Crippen molar-refractivity contribution in [2.24, 2.45) is 0 Å². The Morgan fingerprint density at radius 3 is 0.870 bits per heavy atom. The molecule has 0 N–H and O–H groups in total.